The topological polar surface area (TPSA) is 23.6 Å². The third-order valence-corrected chi connectivity index (χ3v) is 7.42. The van der Waals surface area contributed by atoms with Crippen molar-refractivity contribution in [3.05, 3.63) is 64.1 Å². The molecule has 5 heteroatoms. The van der Waals surface area contributed by atoms with Gasteiger partial charge in [-0.3, -0.25) is 9.69 Å². The van der Waals surface area contributed by atoms with Gasteiger partial charge in [0.25, 0.3) is 5.91 Å². The van der Waals surface area contributed by atoms with Crippen molar-refractivity contribution in [2.75, 3.05) is 16.8 Å². The Hall–Kier alpha value is -2.11. The van der Waals surface area contributed by atoms with E-state index in [-0.39, 0.29) is 11.4 Å². The van der Waals surface area contributed by atoms with Gasteiger partial charge in [-0.05, 0) is 80.1 Å². The molecular formula is C24H26N2OS2. The standard InChI is InChI=1S/C24H26N2OS2/c1-15-11-20-19(16(2)14-24(3,4)25(20)5)12-17(15)13-21-22(27)26(23(28)29-21)18-9-7-6-8-10-18/h6-13,16H,14H2,1-5H3/b21-13+. The number of para-hydroxylation sites is 1. The van der Waals surface area contributed by atoms with E-state index in [1.165, 1.54) is 28.6 Å². The van der Waals surface area contributed by atoms with Crippen LogP contribution in [0.5, 0.6) is 0 Å². The maximum Gasteiger partial charge on any atom is 0.270 e. The summed E-state index contributed by atoms with van der Waals surface area (Å²) < 4.78 is 0.581. The summed E-state index contributed by atoms with van der Waals surface area (Å²) in [5.41, 5.74) is 5.86. The van der Waals surface area contributed by atoms with E-state index in [9.17, 15) is 4.79 Å². The first-order valence-corrected chi connectivity index (χ1v) is 11.1. The quantitative estimate of drug-likeness (QED) is 0.429. The van der Waals surface area contributed by atoms with Gasteiger partial charge in [0, 0.05) is 18.3 Å². The molecule has 150 valence electrons. The minimum atomic E-state index is -0.0466. The van der Waals surface area contributed by atoms with Gasteiger partial charge in [0.1, 0.15) is 0 Å². The van der Waals surface area contributed by atoms with Gasteiger partial charge >= 0.3 is 0 Å². The first kappa shape index (κ1) is 20.2. The Morgan fingerprint density at radius 1 is 1.21 bits per heavy atom. The van der Waals surface area contributed by atoms with Gasteiger partial charge < -0.3 is 4.90 Å². The summed E-state index contributed by atoms with van der Waals surface area (Å²) in [7, 11) is 2.18. The second kappa shape index (κ2) is 7.29. The predicted octanol–water partition coefficient (Wildman–Crippen LogP) is 6.12. The molecule has 0 bridgehead atoms. The van der Waals surface area contributed by atoms with Crippen LogP contribution in [0.25, 0.3) is 6.08 Å². The largest absolute Gasteiger partial charge is 0.369 e. The molecule has 1 saturated heterocycles. The SMILES string of the molecule is Cc1cc2c(cc1/C=C1/SC(=S)N(c3ccccc3)C1=O)C(C)CC(C)(C)N2C. The highest BCUT2D eigenvalue weighted by Crippen LogP contribution is 2.44. The fraction of sp³-hybridized carbons (Fsp3) is 0.333. The second-order valence-corrected chi connectivity index (χ2v) is 10.3. The van der Waals surface area contributed by atoms with Crippen molar-refractivity contribution >= 4 is 51.7 Å². The number of carbonyl (C=O) groups excluding carboxylic acids is 1. The molecule has 29 heavy (non-hydrogen) atoms. The molecule has 0 radical (unpaired) electrons. The third-order valence-electron chi connectivity index (χ3n) is 6.12. The Morgan fingerprint density at radius 3 is 2.59 bits per heavy atom. The molecule has 0 aliphatic carbocycles. The predicted molar refractivity (Wildman–Crippen MR) is 129 cm³/mol. The van der Waals surface area contributed by atoms with E-state index < -0.39 is 0 Å². The summed E-state index contributed by atoms with van der Waals surface area (Å²) in [5.74, 6) is 0.428. The van der Waals surface area contributed by atoms with Crippen LogP contribution in [0.1, 0.15) is 49.8 Å². The molecule has 0 saturated carbocycles. The van der Waals surface area contributed by atoms with Crippen LogP contribution in [0.2, 0.25) is 0 Å². The van der Waals surface area contributed by atoms with E-state index in [1.54, 1.807) is 4.90 Å². The van der Waals surface area contributed by atoms with Crippen molar-refractivity contribution in [1.82, 2.24) is 0 Å². The highest BCUT2D eigenvalue weighted by molar-refractivity contribution is 8.27. The molecule has 0 N–H and O–H groups in total. The van der Waals surface area contributed by atoms with Crippen molar-refractivity contribution < 1.29 is 4.79 Å². The van der Waals surface area contributed by atoms with Crippen molar-refractivity contribution in [1.29, 1.82) is 0 Å². The number of thiocarbonyl (C=S) groups is 1. The minimum Gasteiger partial charge on any atom is -0.369 e. The lowest BCUT2D eigenvalue weighted by molar-refractivity contribution is -0.113. The van der Waals surface area contributed by atoms with E-state index in [4.69, 9.17) is 12.2 Å². The van der Waals surface area contributed by atoms with E-state index in [2.05, 4.69) is 51.8 Å². The lowest BCUT2D eigenvalue weighted by atomic mass is 9.79. The van der Waals surface area contributed by atoms with Crippen LogP contribution in [-0.2, 0) is 4.79 Å². The monoisotopic (exact) mass is 422 g/mol. The van der Waals surface area contributed by atoms with Crippen LogP contribution in [0, 0.1) is 6.92 Å². The number of hydrogen-bond acceptors (Lipinski definition) is 4. The summed E-state index contributed by atoms with van der Waals surface area (Å²) in [6, 6.07) is 14.1. The Kier molecular flexibility index (Phi) is 5.07. The van der Waals surface area contributed by atoms with Gasteiger partial charge in [-0.1, -0.05) is 49.1 Å². The normalized spacial score (nSPS) is 22.4. The fourth-order valence-corrected chi connectivity index (χ4v) is 5.59. The van der Waals surface area contributed by atoms with Crippen molar-refractivity contribution in [2.24, 2.45) is 0 Å². The Morgan fingerprint density at radius 2 is 1.90 bits per heavy atom. The van der Waals surface area contributed by atoms with E-state index in [0.717, 1.165) is 17.7 Å². The van der Waals surface area contributed by atoms with Crippen molar-refractivity contribution in [3.63, 3.8) is 0 Å². The highest BCUT2D eigenvalue weighted by atomic mass is 32.2. The Labute approximate surface area is 182 Å². The van der Waals surface area contributed by atoms with Gasteiger partial charge in [-0.25, -0.2) is 0 Å². The number of fused-ring (bicyclic) bond motifs is 1. The molecule has 4 rings (SSSR count). The van der Waals surface area contributed by atoms with Crippen molar-refractivity contribution in [3.8, 4) is 0 Å². The molecule has 3 nitrogen and oxygen atoms in total. The zero-order valence-corrected chi connectivity index (χ0v) is 19.2. The lowest BCUT2D eigenvalue weighted by Gasteiger charge is -2.45. The molecule has 1 unspecified atom stereocenters. The average molecular weight is 423 g/mol. The molecule has 2 aliphatic rings. The first-order chi connectivity index (χ1) is 13.7. The molecular weight excluding hydrogens is 396 g/mol. The van der Waals surface area contributed by atoms with Gasteiger partial charge in [-0.2, -0.15) is 0 Å². The number of amides is 1. The van der Waals surface area contributed by atoms with Crippen LogP contribution >= 0.6 is 24.0 Å². The zero-order chi connectivity index (χ0) is 20.9. The molecule has 2 aromatic rings. The smallest absolute Gasteiger partial charge is 0.270 e. The maximum atomic E-state index is 13.1. The zero-order valence-electron chi connectivity index (χ0n) is 17.5. The third kappa shape index (κ3) is 3.51. The Bertz CT molecular complexity index is 1030. The summed E-state index contributed by atoms with van der Waals surface area (Å²) in [4.78, 5) is 17.7. The molecule has 1 atom stereocenters. The number of carbonyl (C=O) groups is 1. The summed E-state index contributed by atoms with van der Waals surface area (Å²) in [6.45, 7) is 9.00. The summed E-state index contributed by atoms with van der Waals surface area (Å²) >= 11 is 6.88. The number of thioether (sulfide) groups is 1. The highest BCUT2D eigenvalue weighted by Gasteiger charge is 2.35. The number of hydrogen-bond donors (Lipinski definition) is 0. The van der Waals surface area contributed by atoms with Gasteiger partial charge in [0.05, 0.1) is 10.6 Å². The van der Waals surface area contributed by atoms with Crippen LogP contribution in [0.4, 0.5) is 11.4 Å². The van der Waals surface area contributed by atoms with E-state index >= 15 is 0 Å². The molecule has 0 spiro atoms. The molecule has 0 aromatic heterocycles. The van der Waals surface area contributed by atoms with Gasteiger partial charge in [0.15, 0.2) is 4.32 Å². The molecule has 2 aromatic carbocycles. The first-order valence-electron chi connectivity index (χ1n) is 9.90. The average Bonchev–Trinajstić information content (AvgIpc) is 2.95. The number of aryl methyl sites for hydroxylation is 1. The molecule has 2 aliphatic heterocycles. The minimum absolute atomic E-state index is 0.0466. The van der Waals surface area contributed by atoms with Crippen LogP contribution in [0.15, 0.2) is 47.4 Å². The van der Waals surface area contributed by atoms with E-state index in [0.29, 0.717) is 15.1 Å². The molecule has 1 amide bonds. The van der Waals surface area contributed by atoms with Crippen LogP contribution < -0.4 is 9.80 Å². The number of rotatable bonds is 2. The second-order valence-electron chi connectivity index (χ2n) is 8.60. The van der Waals surface area contributed by atoms with Crippen LogP contribution in [0.3, 0.4) is 0 Å². The number of benzene rings is 2. The van der Waals surface area contributed by atoms with Gasteiger partial charge in [-0.15, -0.1) is 0 Å². The lowest BCUT2D eigenvalue weighted by Crippen LogP contribution is -2.45. The summed E-state index contributed by atoms with van der Waals surface area (Å²) in [5, 5.41) is 0. The van der Waals surface area contributed by atoms with Crippen molar-refractivity contribution in [2.45, 2.75) is 45.6 Å². The molecule has 2 heterocycles. The molecule has 1 fully saturated rings. The van der Waals surface area contributed by atoms with Gasteiger partial charge in [0.2, 0.25) is 0 Å². The Balaban J connectivity index is 1.72. The van der Waals surface area contributed by atoms with Crippen LogP contribution in [-0.4, -0.2) is 22.8 Å². The summed E-state index contributed by atoms with van der Waals surface area (Å²) in [6.07, 6.45) is 3.11. The fourth-order valence-electron chi connectivity index (χ4n) is 4.30. The van der Waals surface area contributed by atoms with E-state index in [1.807, 2.05) is 36.4 Å². The number of anilines is 2. The number of nitrogens with zero attached hydrogens (tertiary/aromatic N) is 2. The maximum absolute atomic E-state index is 13.1.